The molecule has 0 saturated heterocycles. The molecule has 112 valence electrons. The molecule has 1 N–H and O–H groups in total. The first-order valence-electron chi connectivity index (χ1n) is 6.44. The van der Waals surface area contributed by atoms with Crippen LogP contribution in [0.2, 0.25) is 10.0 Å². The predicted molar refractivity (Wildman–Crippen MR) is 88.5 cm³/mol. The van der Waals surface area contributed by atoms with Gasteiger partial charge in [0, 0.05) is 12.6 Å². The van der Waals surface area contributed by atoms with Gasteiger partial charge in [-0.2, -0.15) is 0 Å². The maximum absolute atomic E-state index is 9.82. The van der Waals surface area contributed by atoms with Gasteiger partial charge in [-0.25, -0.2) is 0 Å². The van der Waals surface area contributed by atoms with Crippen molar-refractivity contribution in [3.8, 4) is 0 Å². The number of esters is 1. The normalized spacial score (nSPS) is 9.33. The fraction of sp³-hybridized carbons (Fsp3) is 0.188. The highest BCUT2D eigenvalue weighted by Gasteiger charge is 2.04. The Kier molecular flexibility index (Phi) is 7.65. The summed E-state index contributed by atoms with van der Waals surface area (Å²) in [5.74, 6) is -0.211. The Hall–Kier alpha value is -1.71. The van der Waals surface area contributed by atoms with Gasteiger partial charge >= 0.3 is 5.97 Å². The molecule has 3 nitrogen and oxygen atoms in total. The zero-order valence-electron chi connectivity index (χ0n) is 11.9. The van der Waals surface area contributed by atoms with Crippen molar-refractivity contribution in [3.05, 3.63) is 58.6 Å². The van der Waals surface area contributed by atoms with Gasteiger partial charge in [0.25, 0.3) is 0 Å². The number of benzene rings is 2. The summed E-state index contributed by atoms with van der Waals surface area (Å²) < 4.78 is 4.40. The number of carbonyl (C=O) groups is 1. The second-order valence-corrected chi connectivity index (χ2v) is 4.83. The second kappa shape index (κ2) is 9.27. The summed E-state index contributed by atoms with van der Waals surface area (Å²) in [5.41, 5.74) is 1.71. The Balaban J connectivity index is 0.000000315. The van der Waals surface area contributed by atoms with Crippen LogP contribution in [-0.4, -0.2) is 12.6 Å². The Morgan fingerprint density at radius 3 is 2.05 bits per heavy atom. The number of hydrogen-bond donors (Lipinski definition) is 1. The molecule has 0 heterocycles. The van der Waals surface area contributed by atoms with Crippen molar-refractivity contribution < 1.29 is 9.53 Å². The van der Waals surface area contributed by atoms with E-state index >= 15 is 0 Å². The van der Waals surface area contributed by atoms with Gasteiger partial charge in [0.1, 0.15) is 0 Å². The number of ether oxygens (including phenoxy) is 1. The van der Waals surface area contributed by atoms with Crippen LogP contribution in [0.3, 0.4) is 0 Å². The van der Waals surface area contributed by atoms with Crippen molar-refractivity contribution in [3.63, 3.8) is 0 Å². The average molecular weight is 326 g/mol. The molecule has 0 aromatic heterocycles. The lowest BCUT2D eigenvalue weighted by molar-refractivity contribution is -0.140. The number of halogens is 2. The summed E-state index contributed by atoms with van der Waals surface area (Å²) in [5, 5.41) is 4.41. The summed E-state index contributed by atoms with van der Waals surface area (Å²) in [6, 6.07) is 15.2. The summed E-state index contributed by atoms with van der Waals surface area (Å²) in [6.07, 6.45) is 0. The van der Waals surface area contributed by atoms with Gasteiger partial charge in [-0.05, 0) is 31.2 Å². The van der Waals surface area contributed by atoms with Gasteiger partial charge in [0.15, 0.2) is 0 Å². The molecule has 2 aromatic rings. The molecule has 0 unspecified atom stereocenters. The summed E-state index contributed by atoms with van der Waals surface area (Å²) in [4.78, 5) is 9.82. The number of para-hydroxylation sites is 2. The standard InChI is InChI=1S/C12H9Cl2N.C4H8O2/c13-10-7-4-8-11(14)12(10)15-9-5-2-1-3-6-9;1-3-6-4(2)5/h1-8,15H;3H2,1-2H3. The fourth-order valence-electron chi connectivity index (χ4n) is 1.49. The molecule has 0 amide bonds. The number of hydrogen-bond acceptors (Lipinski definition) is 3. The first kappa shape index (κ1) is 17.3. The highest BCUT2D eigenvalue weighted by atomic mass is 35.5. The molecule has 5 heteroatoms. The number of rotatable bonds is 3. The van der Waals surface area contributed by atoms with Gasteiger partial charge in [0.2, 0.25) is 0 Å². The lowest BCUT2D eigenvalue weighted by atomic mass is 10.2. The second-order valence-electron chi connectivity index (χ2n) is 4.01. The Labute approximate surface area is 134 Å². The third-order valence-corrected chi connectivity index (χ3v) is 2.98. The minimum absolute atomic E-state index is 0.211. The molecule has 0 aliphatic carbocycles. The van der Waals surface area contributed by atoms with Gasteiger partial charge in [-0.1, -0.05) is 47.5 Å². The third kappa shape index (κ3) is 6.52. The van der Waals surface area contributed by atoms with Crippen LogP contribution >= 0.6 is 23.2 Å². The van der Waals surface area contributed by atoms with Crippen LogP contribution in [0.5, 0.6) is 0 Å². The Bertz CT molecular complexity index is 553. The topological polar surface area (TPSA) is 38.3 Å². The fourth-order valence-corrected chi connectivity index (χ4v) is 1.98. The van der Waals surface area contributed by atoms with E-state index in [4.69, 9.17) is 23.2 Å². The van der Waals surface area contributed by atoms with E-state index in [2.05, 4.69) is 10.1 Å². The molecule has 21 heavy (non-hydrogen) atoms. The van der Waals surface area contributed by atoms with E-state index in [0.29, 0.717) is 16.7 Å². The SMILES string of the molecule is CCOC(C)=O.Clc1cccc(Cl)c1Nc1ccccc1. The molecule has 0 aliphatic rings. The van der Waals surface area contributed by atoms with Crippen LogP contribution in [0.25, 0.3) is 0 Å². The molecule has 0 spiro atoms. The zero-order chi connectivity index (χ0) is 15.7. The molecule has 0 radical (unpaired) electrons. The van der Waals surface area contributed by atoms with Crippen LogP contribution in [0, 0.1) is 0 Å². The molecule has 0 aliphatic heterocycles. The summed E-state index contributed by atoms with van der Waals surface area (Å²) in [6.45, 7) is 3.65. The van der Waals surface area contributed by atoms with E-state index in [9.17, 15) is 4.79 Å². The molecule has 2 rings (SSSR count). The van der Waals surface area contributed by atoms with E-state index in [1.807, 2.05) is 36.4 Å². The van der Waals surface area contributed by atoms with E-state index in [0.717, 1.165) is 11.4 Å². The highest BCUT2D eigenvalue weighted by Crippen LogP contribution is 2.32. The zero-order valence-corrected chi connectivity index (χ0v) is 13.4. The van der Waals surface area contributed by atoms with E-state index in [1.54, 1.807) is 19.1 Å². The van der Waals surface area contributed by atoms with Crippen molar-refractivity contribution in [2.24, 2.45) is 0 Å². The highest BCUT2D eigenvalue weighted by molar-refractivity contribution is 6.39. The van der Waals surface area contributed by atoms with Crippen molar-refractivity contribution in [1.82, 2.24) is 0 Å². The first-order chi connectivity index (χ1) is 10.0. The molecule has 0 fully saturated rings. The molecule has 0 atom stereocenters. The predicted octanol–water partition coefficient (Wildman–Crippen LogP) is 5.31. The van der Waals surface area contributed by atoms with Crippen LogP contribution < -0.4 is 5.32 Å². The summed E-state index contributed by atoms with van der Waals surface area (Å²) >= 11 is 12.1. The van der Waals surface area contributed by atoms with Crippen molar-refractivity contribution in [1.29, 1.82) is 0 Å². The maximum atomic E-state index is 9.82. The minimum Gasteiger partial charge on any atom is -0.466 e. The van der Waals surface area contributed by atoms with E-state index in [-0.39, 0.29) is 5.97 Å². The number of nitrogens with one attached hydrogen (secondary N) is 1. The molecule has 2 aromatic carbocycles. The maximum Gasteiger partial charge on any atom is 0.302 e. The van der Waals surface area contributed by atoms with Gasteiger partial charge < -0.3 is 10.1 Å². The van der Waals surface area contributed by atoms with Crippen LogP contribution in [0.15, 0.2) is 48.5 Å². The quantitative estimate of drug-likeness (QED) is 0.777. The lowest BCUT2D eigenvalue weighted by Gasteiger charge is -2.09. The van der Waals surface area contributed by atoms with Gasteiger partial charge in [0.05, 0.1) is 22.3 Å². The lowest BCUT2D eigenvalue weighted by Crippen LogP contribution is -1.95. The first-order valence-corrected chi connectivity index (χ1v) is 7.19. The Morgan fingerprint density at radius 1 is 1.05 bits per heavy atom. The van der Waals surface area contributed by atoms with Gasteiger partial charge in [-0.3, -0.25) is 4.79 Å². The smallest absolute Gasteiger partial charge is 0.302 e. The third-order valence-electron chi connectivity index (χ3n) is 2.35. The largest absolute Gasteiger partial charge is 0.466 e. The minimum atomic E-state index is -0.211. The molecule has 0 bridgehead atoms. The molecular formula is C16H17Cl2NO2. The van der Waals surface area contributed by atoms with Crippen molar-refractivity contribution in [2.75, 3.05) is 11.9 Å². The van der Waals surface area contributed by atoms with Crippen molar-refractivity contribution in [2.45, 2.75) is 13.8 Å². The Morgan fingerprint density at radius 2 is 1.62 bits per heavy atom. The van der Waals surface area contributed by atoms with Crippen LogP contribution in [-0.2, 0) is 9.53 Å². The number of anilines is 2. The molecule has 0 saturated carbocycles. The van der Waals surface area contributed by atoms with E-state index < -0.39 is 0 Å². The van der Waals surface area contributed by atoms with Gasteiger partial charge in [-0.15, -0.1) is 0 Å². The number of carbonyl (C=O) groups excluding carboxylic acids is 1. The monoisotopic (exact) mass is 325 g/mol. The van der Waals surface area contributed by atoms with E-state index in [1.165, 1.54) is 6.92 Å². The average Bonchev–Trinajstić information content (AvgIpc) is 2.45. The van der Waals surface area contributed by atoms with Crippen LogP contribution in [0.1, 0.15) is 13.8 Å². The molecular weight excluding hydrogens is 309 g/mol. The van der Waals surface area contributed by atoms with Crippen molar-refractivity contribution >= 4 is 40.5 Å². The van der Waals surface area contributed by atoms with Crippen LogP contribution in [0.4, 0.5) is 11.4 Å². The summed E-state index contributed by atoms with van der Waals surface area (Å²) in [7, 11) is 0.